The van der Waals surface area contributed by atoms with Crippen molar-refractivity contribution in [3.05, 3.63) is 186 Å². The van der Waals surface area contributed by atoms with Gasteiger partial charge in [0.05, 0.1) is 35.2 Å². The largest absolute Gasteiger partial charge is 0.482 e. The normalized spacial score (nSPS) is 13.8. The molecule has 628 valence electrons. The average molecular weight is 1650 g/mol. The van der Waals surface area contributed by atoms with Crippen LogP contribution in [0, 0.1) is 13.8 Å². The Labute approximate surface area is 726 Å². The first-order valence-corrected chi connectivity index (χ1v) is 49.3. The van der Waals surface area contributed by atoms with Crippen LogP contribution >= 0.6 is 35.2 Å². The Morgan fingerprint density at radius 1 is 0.235 bits per heavy atom. The lowest BCUT2D eigenvalue weighted by molar-refractivity contribution is 0.0384. The number of rotatable bonds is 46. The van der Waals surface area contributed by atoms with E-state index in [0.717, 1.165) is 159 Å². The number of para-hydroxylation sites is 1. The molecule has 0 bridgehead atoms. The Bertz CT molecular complexity index is 5190. The first kappa shape index (κ1) is 87.2. The van der Waals surface area contributed by atoms with Gasteiger partial charge in [0.15, 0.2) is 0 Å². The maximum Gasteiger partial charge on any atom is 0.135 e. The molecule has 0 saturated carbocycles. The summed E-state index contributed by atoms with van der Waals surface area (Å²) in [6.07, 6.45) is 51.1. The van der Waals surface area contributed by atoms with Gasteiger partial charge < -0.3 is 14.2 Å². The summed E-state index contributed by atoms with van der Waals surface area (Å²) in [6.45, 7) is 18.2. The second-order valence-electron chi connectivity index (χ2n) is 35.3. The minimum Gasteiger partial charge on any atom is -0.482 e. The van der Waals surface area contributed by atoms with E-state index in [1.807, 2.05) is 25.1 Å². The van der Waals surface area contributed by atoms with Crippen LogP contribution in [0.25, 0.3) is 111 Å². The smallest absolute Gasteiger partial charge is 0.135 e. The Morgan fingerprint density at radius 3 is 0.891 bits per heavy atom. The fourth-order valence-corrected chi connectivity index (χ4v) is 21.5. The van der Waals surface area contributed by atoms with Crippen LogP contribution in [0.3, 0.4) is 0 Å². The molecule has 12 aromatic rings. The van der Waals surface area contributed by atoms with Crippen molar-refractivity contribution < 1.29 is 14.2 Å². The van der Waals surface area contributed by atoms with E-state index in [4.69, 9.17) is 31.7 Å². The Morgan fingerprint density at radius 2 is 0.521 bits per heavy atom. The van der Waals surface area contributed by atoms with Gasteiger partial charge in [0.1, 0.15) is 67.2 Å². The van der Waals surface area contributed by atoms with Gasteiger partial charge in [-0.1, -0.05) is 361 Å². The highest BCUT2D eigenvalue weighted by Crippen LogP contribution is 2.56. The van der Waals surface area contributed by atoms with Crippen LogP contribution in [-0.4, -0.2) is 26.2 Å². The molecule has 0 N–H and O–H groups in total. The molecule has 9 nitrogen and oxygen atoms in total. The van der Waals surface area contributed by atoms with Gasteiger partial charge in [-0.05, 0) is 172 Å². The molecule has 12 heteroatoms. The second kappa shape index (κ2) is 43.1. The third kappa shape index (κ3) is 20.6. The van der Waals surface area contributed by atoms with Crippen LogP contribution in [0.5, 0.6) is 17.2 Å². The summed E-state index contributed by atoms with van der Waals surface area (Å²) in [5.41, 5.74) is 27.4. The lowest BCUT2D eigenvalue weighted by Crippen LogP contribution is -2.36. The summed E-state index contributed by atoms with van der Waals surface area (Å²) >= 11 is 3.91. The van der Waals surface area contributed by atoms with Crippen LogP contribution in [0.15, 0.2) is 158 Å². The Kier molecular flexibility index (Phi) is 31.5. The van der Waals surface area contributed by atoms with E-state index in [0.29, 0.717) is 0 Å². The molecule has 0 fully saturated rings. The van der Waals surface area contributed by atoms with Gasteiger partial charge in [-0.25, -0.2) is 0 Å². The van der Waals surface area contributed by atoms with Gasteiger partial charge in [-0.2, -0.15) is 26.2 Å². The molecule has 3 aliphatic rings. The maximum atomic E-state index is 7.98. The van der Waals surface area contributed by atoms with Crippen LogP contribution in [-0.2, 0) is 16.8 Å². The summed E-state index contributed by atoms with van der Waals surface area (Å²) in [5, 5.41) is 0. The number of unbranched alkanes of at least 4 members (excludes halogenated alkanes) is 30. The van der Waals surface area contributed by atoms with E-state index < -0.39 is 11.2 Å². The number of hydrogen-bond donors (Lipinski definition) is 0. The van der Waals surface area contributed by atoms with Crippen molar-refractivity contribution in [3.63, 3.8) is 0 Å². The lowest BCUT2D eigenvalue weighted by atomic mass is 9.76. The number of nitrogens with zero attached hydrogens (tertiary/aromatic N) is 6. The maximum absolute atomic E-state index is 7.98. The van der Waals surface area contributed by atoms with Gasteiger partial charge >= 0.3 is 0 Å². The molecule has 0 atom stereocenters. The minimum absolute atomic E-state index is 0.371. The lowest BCUT2D eigenvalue weighted by Gasteiger charge is -2.41. The average Bonchev–Trinajstić information content (AvgIpc) is 1.45. The summed E-state index contributed by atoms with van der Waals surface area (Å²) < 4.78 is 52.1. The molecule has 3 aromatic heterocycles. The van der Waals surface area contributed by atoms with E-state index in [2.05, 4.69) is 197 Å². The third-order valence-electron chi connectivity index (χ3n) is 26.5. The number of hydrogen-bond acceptors (Lipinski definition) is 12. The van der Waals surface area contributed by atoms with Crippen LogP contribution in [0.2, 0.25) is 0 Å². The fourth-order valence-electron chi connectivity index (χ4n) is 19.7. The topological polar surface area (TPSA) is 105 Å². The monoisotopic (exact) mass is 1650 g/mol. The quantitative estimate of drug-likeness (QED) is 0.0345. The fraction of sp³-hybridized carbons (Fsp3) is 0.495. The van der Waals surface area contributed by atoms with Crippen molar-refractivity contribution in [3.8, 4) is 95.1 Å². The molecule has 0 unspecified atom stereocenters. The van der Waals surface area contributed by atoms with Crippen molar-refractivity contribution in [2.24, 2.45) is 0 Å². The summed E-state index contributed by atoms with van der Waals surface area (Å²) in [6, 6.07) is 59.7. The van der Waals surface area contributed by atoms with Gasteiger partial charge in [0.2, 0.25) is 0 Å². The number of aromatic nitrogens is 6. The zero-order chi connectivity index (χ0) is 82.2. The van der Waals surface area contributed by atoms with Crippen LogP contribution in [0.4, 0.5) is 0 Å². The standard InChI is InChI=1S/C100H128N4O3S2.C7H6N2S/c1-8-14-20-26-32-40-62-98(63-41-33-27-21-15-9-2)88-68-73(7)48-53-82(88)86-56-51-76(71-92(86)106-98)80-61-59-79(95-96(80)103-109-102-95)75-50-55-84-87-57-52-77(72-93(87)107-100(90(84)70-75,66-44-36-30-24-18-12-5)67-45-37-31-25-19-13-6)81-60-58-78(94-97(81)104-108-101-94)74-49-54-83-85-46-38-39-47-91(85)105-99(89(83)69-74,64-42-34-28-22-16-10-3)65-43-35-29-23-17-11-4;1-5-3-2-4-6-7(5)9-10-8-6/h38-39,46-61,68-72H,8-37,40-45,62-67H2,1-7H3;2-4H,1H3. The second-order valence-corrected chi connectivity index (χ2v) is 36.9. The molecule has 0 saturated heterocycles. The zero-order valence-corrected chi connectivity index (χ0v) is 75.8. The van der Waals surface area contributed by atoms with Crippen molar-refractivity contribution in [2.75, 3.05) is 0 Å². The first-order chi connectivity index (χ1) is 58.6. The number of benzene rings is 9. The Balaban J connectivity index is 0.00000107. The van der Waals surface area contributed by atoms with Gasteiger partial charge in [0.25, 0.3) is 0 Å². The summed E-state index contributed by atoms with van der Waals surface area (Å²) in [5.74, 6) is 2.98. The SMILES string of the molecule is CCCCCCCCC1(CCCCCCCC)Oc2cc(-c3ccc(-c4ccc5c(c4)C(CCCCCCCC)(CCCCCCCC)Oc4cc(-c6ccc(-c7ccc8c(c7)C(CCCCCCCC)(CCCCCCCC)Oc7ccccc7-8)c7nsnc67)ccc4-5)c4nsnc34)ccc2-c2ccc(C)cc21.Cc1cccc2nsnc12. The molecular weight excluding hydrogens is 1510 g/mol. The molecule has 6 heterocycles. The predicted molar refractivity (Wildman–Crippen MR) is 508 cm³/mol. The number of ether oxygens (including phenoxy) is 3. The zero-order valence-electron chi connectivity index (χ0n) is 73.3. The molecular formula is C107H134N6O3S3. The highest BCUT2D eigenvalue weighted by molar-refractivity contribution is 7.00. The van der Waals surface area contributed by atoms with Gasteiger partial charge in [-0.3, -0.25) is 0 Å². The minimum atomic E-state index is -0.539. The molecule has 0 amide bonds. The van der Waals surface area contributed by atoms with Crippen molar-refractivity contribution in [1.82, 2.24) is 26.2 Å². The van der Waals surface area contributed by atoms with Crippen LogP contribution in [0.1, 0.15) is 339 Å². The van der Waals surface area contributed by atoms with E-state index >= 15 is 0 Å². The van der Waals surface area contributed by atoms with E-state index in [9.17, 15) is 0 Å². The van der Waals surface area contributed by atoms with Crippen molar-refractivity contribution in [1.29, 1.82) is 0 Å². The first-order valence-electron chi connectivity index (χ1n) is 47.1. The van der Waals surface area contributed by atoms with E-state index in [1.165, 1.54) is 302 Å². The third-order valence-corrected chi connectivity index (χ3v) is 28.1. The molecule has 0 radical (unpaired) electrons. The molecule has 0 spiro atoms. The number of aryl methyl sites for hydroxylation is 2. The van der Waals surface area contributed by atoms with Crippen molar-refractivity contribution in [2.45, 2.75) is 342 Å². The summed E-state index contributed by atoms with van der Waals surface area (Å²) in [7, 11) is 0. The Hall–Kier alpha value is -8.16. The van der Waals surface area contributed by atoms with Gasteiger partial charge in [0, 0.05) is 55.6 Å². The molecule has 0 aliphatic carbocycles. The molecule has 119 heavy (non-hydrogen) atoms. The molecule has 3 aliphatic heterocycles. The number of fused-ring (bicyclic) bond motifs is 12. The highest BCUT2D eigenvalue weighted by atomic mass is 32.1. The highest BCUT2D eigenvalue weighted by Gasteiger charge is 2.44. The summed E-state index contributed by atoms with van der Waals surface area (Å²) in [4.78, 5) is 0. The van der Waals surface area contributed by atoms with Crippen molar-refractivity contribution >= 4 is 68.3 Å². The van der Waals surface area contributed by atoms with E-state index in [-0.39, 0.29) is 5.60 Å². The van der Waals surface area contributed by atoms with E-state index in [1.54, 1.807) is 0 Å². The van der Waals surface area contributed by atoms with Crippen LogP contribution < -0.4 is 14.2 Å². The predicted octanol–water partition coefficient (Wildman–Crippen LogP) is 33.9. The molecule has 9 aromatic carbocycles. The van der Waals surface area contributed by atoms with Gasteiger partial charge in [-0.15, -0.1) is 0 Å². The molecule has 15 rings (SSSR count).